The molecule has 15 rings (SSSR count). The normalized spacial score (nSPS) is 12.5. The number of aromatic nitrogens is 6. The third-order valence-corrected chi connectivity index (χ3v) is 16.1. The van der Waals surface area contributed by atoms with Gasteiger partial charge in [0, 0.05) is 121 Å². The Labute approximate surface area is 520 Å². The van der Waals surface area contributed by atoms with Crippen molar-refractivity contribution in [1.82, 2.24) is 29.1 Å². The predicted molar refractivity (Wildman–Crippen MR) is 371 cm³/mol. The zero-order chi connectivity index (χ0) is 60.9. The number of rotatable bonds is 10. The van der Waals surface area contributed by atoms with Gasteiger partial charge in [-0.1, -0.05) is 97.1 Å². The van der Waals surface area contributed by atoms with Gasteiger partial charge in [-0.05, 0) is 169 Å². The molecule has 0 bridgehead atoms. The standard InChI is InChI=1S/C76H48N8O.C5H8/c1-2-78-46-68(77)60-21-8-6-19-58(60)50-14-12-24-72-63(32-26-50)62-31-25-49(13-11-23-71(62)83(72)56-17-4-3-5-18-56)52-29-35-75-66(43-52)67-45-57(30-36-76(67)85-75)84-73-33-27-53(51-15-10-16-55(41-51)69-47-79-37-39-81-69)42-64(73)65-44-54(28-34-74(65)84)59-20-7-9-22-61(59)70-48-80-38-40-82-70;1-3-5-4-2/h2-10,13-24,27-48H,77H2,1H3;3-4H,1-2H3/b68-46-,78-2?;. The monoisotopic (exact) mass is 1160 g/mol. The molecule has 0 atom stereocenters. The highest BCUT2D eigenvalue weighted by Crippen LogP contribution is 2.42. The van der Waals surface area contributed by atoms with Crippen LogP contribution in [-0.4, -0.2) is 35.3 Å². The quantitative estimate of drug-likeness (QED) is 0.108. The number of benzene rings is 8. The van der Waals surface area contributed by atoms with E-state index in [1.165, 1.54) is 0 Å². The molecule has 5 heterocycles. The molecule has 8 aromatic carbocycles. The topological polar surface area (TPSA) is 113 Å². The van der Waals surface area contributed by atoms with E-state index in [0.29, 0.717) is 5.70 Å². The lowest BCUT2D eigenvalue weighted by Crippen LogP contribution is -2.00. The van der Waals surface area contributed by atoms with E-state index in [9.17, 15) is 0 Å². The van der Waals surface area contributed by atoms with Gasteiger partial charge in [-0.25, -0.2) is 0 Å². The zero-order valence-corrected chi connectivity index (χ0v) is 49.6. The number of hydrogen-bond acceptors (Lipinski definition) is 7. The van der Waals surface area contributed by atoms with Crippen LogP contribution < -0.4 is 5.73 Å². The van der Waals surface area contributed by atoms with Crippen molar-refractivity contribution in [3.8, 4) is 56.1 Å². The minimum Gasteiger partial charge on any atom is -0.456 e. The van der Waals surface area contributed by atoms with Crippen molar-refractivity contribution in [2.45, 2.75) is 20.8 Å². The van der Waals surface area contributed by atoms with Crippen molar-refractivity contribution < 1.29 is 4.42 Å². The summed E-state index contributed by atoms with van der Waals surface area (Å²) in [5, 5.41) is 4.23. The lowest BCUT2D eigenvalue weighted by molar-refractivity contribution is 0.669. The molecule has 0 saturated carbocycles. The highest BCUT2D eigenvalue weighted by molar-refractivity contribution is 6.13. The first kappa shape index (κ1) is 55.5. The lowest BCUT2D eigenvalue weighted by atomic mass is 9.96. The lowest BCUT2D eigenvalue weighted by Gasteiger charge is -2.11. The van der Waals surface area contributed by atoms with E-state index in [1.807, 2.05) is 81.6 Å². The average Bonchev–Trinajstić information content (AvgIpc) is 1.67. The molecule has 0 radical (unpaired) electrons. The molecule has 9 nitrogen and oxygen atoms in total. The molecular weight excluding hydrogens is 1100 g/mol. The Morgan fingerprint density at radius 2 is 1.07 bits per heavy atom. The summed E-state index contributed by atoms with van der Waals surface area (Å²) >= 11 is 0. The number of hydrogen-bond donors (Lipinski definition) is 1. The number of allylic oxidation sites excluding steroid dienone is 5. The van der Waals surface area contributed by atoms with Crippen molar-refractivity contribution in [2.24, 2.45) is 10.7 Å². The first-order valence-electron chi connectivity index (χ1n) is 29.7. The summed E-state index contributed by atoms with van der Waals surface area (Å²) in [6.45, 7) is 5.76. The second-order valence-corrected chi connectivity index (χ2v) is 21.5. The molecule has 2 N–H and O–H groups in total. The molecule has 0 amide bonds. The summed E-state index contributed by atoms with van der Waals surface area (Å²) in [6, 6.07) is 61.7. The van der Waals surface area contributed by atoms with Crippen LogP contribution in [0.5, 0.6) is 0 Å². The van der Waals surface area contributed by atoms with Crippen molar-refractivity contribution in [3.63, 3.8) is 0 Å². The number of furan rings is 1. The van der Waals surface area contributed by atoms with Crippen LogP contribution in [0, 0.1) is 0 Å². The third-order valence-electron chi connectivity index (χ3n) is 16.1. The molecule has 0 aliphatic heterocycles. The van der Waals surface area contributed by atoms with E-state index >= 15 is 0 Å². The minimum absolute atomic E-state index is 0.562. The molecule has 426 valence electrons. The summed E-state index contributed by atoms with van der Waals surface area (Å²) in [4.78, 5) is 22.3. The molecule has 0 saturated heterocycles. The van der Waals surface area contributed by atoms with Gasteiger partial charge >= 0.3 is 0 Å². The summed E-state index contributed by atoms with van der Waals surface area (Å²) < 4.78 is 11.2. The Hall–Kier alpha value is -12.4. The van der Waals surface area contributed by atoms with Gasteiger partial charge in [0.1, 0.15) is 11.2 Å². The molecular formula is C81H56N8O. The number of nitrogens with zero attached hydrogens (tertiary/aromatic N) is 7. The van der Waals surface area contributed by atoms with E-state index in [-0.39, 0.29) is 0 Å². The summed E-state index contributed by atoms with van der Waals surface area (Å²) in [5.74, 6) is 0. The van der Waals surface area contributed by atoms with Crippen molar-refractivity contribution in [1.29, 1.82) is 0 Å². The average molecular weight is 1160 g/mol. The zero-order valence-electron chi connectivity index (χ0n) is 49.6. The molecule has 13 aromatic rings. The molecule has 5 aromatic heterocycles. The highest BCUT2D eigenvalue weighted by Gasteiger charge is 2.22. The highest BCUT2D eigenvalue weighted by atomic mass is 16.3. The molecule has 90 heavy (non-hydrogen) atoms. The Balaban J connectivity index is 0.00000136. The fourth-order valence-corrected chi connectivity index (χ4v) is 12.0. The van der Waals surface area contributed by atoms with Gasteiger partial charge in [0.2, 0.25) is 0 Å². The first-order chi connectivity index (χ1) is 44.4. The second kappa shape index (κ2) is 24.5. The van der Waals surface area contributed by atoms with Crippen LogP contribution >= 0.6 is 0 Å². The van der Waals surface area contributed by atoms with Gasteiger partial charge in [-0.15, -0.1) is 28.7 Å². The molecule has 0 spiro atoms. The van der Waals surface area contributed by atoms with Gasteiger partial charge in [-0.3, -0.25) is 24.9 Å². The van der Waals surface area contributed by atoms with E-state index in [2.05, 4.69) is 228 Å². The van der Waals surface area contributed by atoms with Crippen LogP contribution in [0.15, 0.2) is 282 Å². The SMILES string of the molecule is CC=C=CC.CC=N/C=C(\N)c1ccccc1C1=C=Cc2c3c(n(-c4ccccc4)c2C=C=C1)C=C=CC(c1ccc2oc4ccc(-n5c6ccc(-c7cccc(-c8cnccn8)c7)cc6c6cc(-c7ccccc7-c7cnccn7)ccc65)cc4c2c1)=C=C3. The van der Waals surface area contributed by atoms with Gasteiger partial charge in [0.15, 0.2) is 0 Å². The van der Waals surface area contributed by atoms with Crippen LogP contribution in [0.3, 0.4) is 0 Å². The summed E-state index contributed by atoms with van der Waals surface area (Å²) in [5.41, 5.74) is 46.5. The van der Waals surface area contributed by atoms with Gasteiger partial charge in [0.05, 0.1) is 51.9 Å². The smallest absolute Gasteiger partial charge is 0.135 e. The number of fused-ring (bicyclic) bond motifs is 9. The Morgan fingerprint density at radius 1 is 0.478 bits per heavy atom. The minimum atomic E-state index is 0.562. The third kappa shape index (κ3) is 10.6. The Morgan fingerprint density at radius 3 is 1.77 bits per heavy atom. The second-order valence-electron chi connectivity index (χ2n) is 21.5. The largest absolute Gasteiger partial charge is 0.456 e. The van der Waals surface area contributed by atoms with E-state index in [4.69, 9.17) is 15.1 Å². The van der Waals surface area contributed by atoms with Crippen molar-refractivity contribution in [3.05, 3.63) is 311 Å². The maximum atomic E-state index is 6.62. The van der Waals surface area contributed by atoms with Crippen LogP contribution in [0.2, 0.25) is 0 Å². The Bertz CT molecular complexity index is 5420. The van der Waals surface area contributed by atoms with Crippen LogP contribution in [0.1, 0.15) is 60.0 Å². The molecule has 2 aliphatic carbocycles. The van der Waals surface area contributed by atoms with Crippen LogP contribution in [-0.2, 0) is 0 Å². The molecule has 0 fully saturated rings. The Kier molecular flexibility index (Phi) is 15.1. The fraction of sp³-hybridized carbons (Fsp3) is 0.0370. The summed E-state index contributed by atoms with van der Waals surface area (Å²) in [7, 11) is 0. The number of nitrogens with two attached hydrogens (primary N) is 1. The molecule has 0 unspecified atom stereocenters. The van der Waals surface area contributed by atoms with Gasteiger partial charge < -0.3 is 19.3 Å². The van der Waals surface area contributed by atoms with E-state index < -0.39 is 0 Å². The van der Waals surface area contributed by atoms with E-state index in [0.717, 1.165) is 150 Å². The maximum Gasteiger partial charge on any atom is 0.135 e. The summed E-state index contributed by atoms with van der Waals surface area (Å²) in [6.07, 6.45) is 29.8. The maximum absolute atomic E-state index is 6.62. The fourth-order valence-electron chi connectivity index (χ4n) is 12.0. The number of aliphatic imine (C=N–C) groups is 1. The van der Waals surface area contributed by atoms with Crippen LogP contribution in [0.25, 0.3) is 141 Å². The van der Waals surface area contributed by atoms with Crippen molar-refractivity contribution in [2.75, 3.05) is 0 Å². The van der Waals surface area contributed by atoms with Crippen LogP contribution in [0.4, 0.5) is 0 Å². The first-order valence-corrected chi connectivity index (χ1v) is 29.7. The van der Waals surface area contributed by atoms with Gasteiger partial charge in [-0.2, -0.15) is 0 Å². The molecule has 9 heteroatoms. The number of para-hydroxylation sites is 1. The van der Waals surface area contributed by atoms with Crippen molar-refractivity contribution >= 4 is 91.1 Å². The molecule has 2 aliphatic rings. The van der Waals surface area contributed by atoms with E-state index in [1.54, 1.807) is 43.4 Å². The van der Waals surface area contributed by atoms with Gasteiger partial charge in [0.25, 0.3) is 0 Å². The predicted octanol–water partition coefficient (Wildman–Crippen LogP) is 19.6.